The first-order valence-electron chi connectivity index (χ1n) is 8.69. The molecule has 0 aliphatic heterocycles. The van der Waals surface area contributed by atoms with Crippen molar-refractivity contribution < 1.29 is 9.47 Å². The van der Waals surface area contributed by atoms with Crippen molar-refractivity contribution in [3.8, 4) is 11.5 Å². The summed E-state index contributed by atoms with van der Waals surface area (Å²) in [7, 11) is 11.9. The van der Waals surface area contributed by atoms with Crippen LogP contribution in [0.1, 0.15) is 18.4 Å². The van der Waals surface area contributed by atoms with E-state index in [0.29, 0.717) is 0 Å². The molecule has 0 fully saturated rings. The number of ether oxygens (including phenoxy) is 2. The zero-order valence-electron chi connectivity index (χ0n) is 16.3. The molecule has 0 radical (unpaired) electrons. The Morgan fingerprint density at radius 1 is 0.792 bits per heavy atom. The van der Waals surface area contributed by atoms with Crippen LogP contribution in [0.15, 0.2) is 18.2 Å². The lowest BCUT2D eigenvalue weighted by Gasteiger charge is -2.25. The van der Waals surface area contributed by atoms with Gasteiger partial charge in [-0.05, 0) is 85.4 Å². The smallest absolute Gasteiger partial charge is 0.123 e. The maximum absolute atomic E-state index is 5.53. The van der Waals surface area contributed by atoms with E-state index in [4.69, 9.17) is 9.47 Å². The molecule has 0 spiro atoms. The van der Waals surface area contributed by atoms with Crippen LogP contribution in [0.3, 0.4) is 0 Å². The van der Waals surface area contributed by atoms with E-state index in [9.17, 15) is 0 Å². The van der Waals surface area contributed by atoms with Crippen molar-refractivity contribution in [2.75, 3.05) is 68.6 Å². The molecule has 0 aliphatic rings. The Balaban J connectivity index is 2.73. The maximum Gasteiger partial charge on any atom is 0.123 e. The predicted octanol–water partition coefficient (Wildman–Crippen LogP) is 2.41. The van der Waals surface area contributed by atoms with Crippen molar-refractivity contribution in [3.05, 3.63) is 23.8 Å². The zero-order chi connectivity index (χ0) is 17.9. The van der Waals surface area contributed by atoms with Gasteiger partial charge < -0.3 is 19.3 Å². The van der Waals surface area contributed by atoms with Gasteiger partial charge in [-0.25, -0.2) is 0 Å². The molecule has 1 rings (SSSR count). The van der Waals surface area contributed by atoms with Crippen molar-refractivity contribution in [1.29, 1.82) is 0 Å². The molecule has 0 N–H and O–H groups in total. The fraction of sp³-hybridized carbons (Fsp3) is 0.684. The number of hydrogen-bond acceptors (Lipinski definition) is 5. The minimum atomic E-state index is 0.882. The molecule has 0 aliphatic carbocycles. The Bertz CT molecular complexity index is 450. The molecular weight excluding hydrogens is 302 g/mol. The van der Waals surface area contributed by atoms with Crippen LogP contribution in [-0.2, 0) is 6.54 Å². The monoisotopic (exact) mass is 337 g/mol. The van der Waals surface area contributed by atoms with Gasteiger partial charge in [-0.3, -0.25) is 4.90 Å². The highest BCUT2D eigenvalue weighted by Gasteiger charge is 2.11. The van der Waals surface area contributed by atoms with Gasteiger partial charge in [-0.15, -0.1) is 0 Å². The summed E-state index contributed by atoms with van der Waals surface area (Å²) in [5.74, 6) is 1.81. The summed E-state index contributed by atoms with van der Waals surface area (Å²) >= 11 is 0. The Morgan fingerprint density at radius 3 is 1.83 bits per heavy atom. The SMILES string of the molecule is COc1ccc(OC)c(CN(CCCN(C)C)CCCN(C)C)c1. The minimum Gasteiger partial charge on any atom is -0.497 e. The van der Waals surface area contributed by atoms with Gasteiger partial charge in [0.15, 0.2) is 0 Å². The Kier molecular flexibility index (Phi) is 9.76. The summed E-state index contributed by atoms with van der Waals surface area (Å²) in [6, 6.07) is 6.03. The Morgan fingerprint density at radius 2 is 1.38 bits per heavy atom. The van der Waals surface area contributed by atoms with Crippen molar-refractivity contribution in [2.24, 2.45) is 0 Å². The van der Waals surface area contributed by atoms with E-state index in [0.717, 1.165) is 44.2 Å². The molecule has 1 aromatic rings. The van der Waals surface area contributed by atoms with Crippen LogP contribution in [-0.4, -0.2) is 83.3 Å². The number of hydrogen-bond donors (Lipinski definition) is 0. The second-order valence-electron chi connectivity index (χ2n) is 6.77. The van der Waals surface area contributed by atoms with E-state index in [1.54, 1.807) is 14.2 Å². The minimum absolute atomic E-state index is 0.882. The van der Waals surface area contributed by atoms with Crippen molar-refractivity contribution >= 4 is 0 Å². The molecule has 0 amide bonds. The third-order valence-electron chi connectivity index (χ3n) is 4.04. The van der Waals surface area contributed by atoms with Gasteiger partial charge in [0.05, 0.1) is 14.2 Å². The van der Waals surface area contributed by atoms with Gasteiger partial charge >= 0.3 is 0 Å². The summed E-state index contributed by atoms with van der Waals surface area (Å²) in [5.41, 5.74) is 1.19. The summed E-state index contributed by atoms with van der Waals surface area (Å²) in [4.78, 5) is 7.00. The summed E-state index contributed by atoms with van der Waals surface area (Å²) in [6.07, 6.45) is 2.34. The largest absolute Gasteiger partial charge is 0.497 e. The second-order valence-corrected chi connectivity index (χ2v) is 6.77. The first-order chi connectivity index (χ1) is 11.5. The van der Waals surface area contributed by atoms with Crippen LogP contribution in [0.25, 0.3) is 0 Å². The van der Waals surface area contributed by atoms with E-state index in [-0.39, 0.29) is 0 Å². The molecule has 0 heterocycles. The average molecular weight is 338 g/mol. The van der Waals surface area contributed by atoms with Crippen molar-refractivity contribution in [1.82, 2.24) is 14.7 Å². The molecule has 0 saturated heterocycles. The van der Waals surface area contributed by atoms with Crippen LogP contribution in [0.4, 0.5) is 0 Å². The highest BCUT2D eigenvalue weighted by atomic mass is 16.5. The van der Waals surface area contributed by atoms with Crippen LogP contribution < -0.4 is 9.47 Å². The van der Waals surface area contributed by atoms with Crippen LogP contribution in [0, 0.1) is 0 Å². The van der Waals surface area contributed by atoms with E-state index in [1.165, 1.54) is 18.4 Å². The Hall–Kier alpha value is -1.30. The van der Waals surface area contributed by atoms with Gasteiger partial charge in [0.2, 0.25) is 0 Å². The third kappa shape index (κ3) is 7.99. The standard InChI is InChI=1S/C19H35N3O2/c1-20(2)11-7-13-22(14-8-12-21(3)4)16-17-15-18(23-5)9-10-19(17)24-6/h9-10,15H,7-8,11-14,16H2,1-6H3. The van der Waals surface area contributed by atoms with E-state index in [2.05, 4.69) is 49.0 Å². The summed E-state index contributed by atoms with van der Waals surface area (Å²) in [5, 5.41) is 0. The average Bonchev–Trinajstić information content (AvgIpc) is 2.53. The summed E-state index contributed by atoms with van der Waals surface area (Å²) < 4.78 is 10.9. The first-order valence-corrected chi connectivity index (χ1v) is 8.69. The third-order valence-corrected chi connectivity index (χ3v) is 4.04. The van der Waals surface area contributed by atoms with Crippen LogP contribution in [0.2, 0.25) is 0 Å². The molecular formula is C19H35N3O2. The van der Waals surface area contributed by atoms with Gasteiger partial charge in [-0.1, -0.05) is 0 Å². The quantitative estimate of drug-likeness (QED) is 0.584. The molecule has 0 unspecified atom stereocenters. The first kappa shape index (κ1) is 20.7. The maximum atomic E-state index is 5.53. The molecule has 5 nitrogen and oxygen atoms in total. The lowest BCUT2D eigenvalue weighted by molar-refractivity contribution is 0.231. The fourth-order valence-corrected chi connectivity index (χ4v) is 2.74. The number of nitrogens with zero attached hydrogens (tertiary/aromatic N) is 3. The zero-order valence-corrected chi connectivity index (χ0v) is 16.3. The van der Waals surface area contributed by atoms with Crippen molar-refractivity contribution in [2.45, 2.75) is 19.4 Å². The van der Waals surface area contributed by atoms with Crippen LogP contribution >= 0.6 is 0 Å². The van der Waals surface area contributed by atoms with Crippen LogP contribution in [0.5, 0.6) is 11.5 Å². The highest BCUT2D eigenvalue weighted by Crippen LogP contribution is 2.25. The fourth-order valence-electron chi connectivity index (χ4n) is 2.74. The predicted molar refractivity (Wildman–Crippen MR) is 101 cm³/mol. The molecule has 24 heavy (non-hydrogen) atoms. The van der Waals surface area contributed by atoms with E-state index < -0.39 is 0 Å². The normalized spacial score (nSPS) is 11.5. The second kappa shape index (κ2) is 11.3. The molecule has 0 aromatic heterocycles. The Labute approximate surface area is 148 Å². The summed E-state index contributed by atoms with van der Waals surface area (Å²) in [6.45, 7) is 5.29. The van der Waals surface area contributed by atoms with Crippen molar-refractivity contribution in [3.63, 3.8) is 0 Å². The molecule has 5 heteroatoms. The number of benzene rings is 1. The van der Waals surface area contributed by atoms with E-state index >= 15 is 0 Å². The molecule has 0 atom stereocenters. The molecule has 0 saturated carbocycles. The molecule has 138 valence electrons. The van der Waals surface area contributed by atoms with Gasteiger partial charge in [0.1, 0.15) is 11.5 Å². The van der Waals surface area contributed by atoms with Gasteiger partial charge in [-0.2, -0.15) is 0 Å². The molecule has 0 bridgehead atoms. The highest BCUT2D eigenvalue weighted by molar-refractivity contribution is 5.40. The van der Waals surface area contributed by atoms with Gasteiger partial charge in [0, 0.05) is 12.1 Å². The lowest BCUT2D eigenvalue weighted by atomic mass is 10.1. The van der Waals surface area contributed by atoms with E-state index in [1.807, 2.05) is 12.1 Å². The topological polar surface area (TPSA) is 28.2 Å². The number of methoxy groups -OCH3 is 2. The number of rotatable bonds is 12. The molecule has 1 aromatic carbocycles. The van der Waals surface area contributed by atoms with Gasteiger partial charge in [0.25, 0.3) is 0 Å². The lowest BCUT2D eigenvalue weighted by Crippen LogP contribution is -2.30.